The zero-order valence-electron chi connectivity index (χ0n) is 12.4. The van der Waals surface area contributed by atoms with Crippen LogP contribution in [0.5, 0.6) is 0 Å². The van der Waals surface area contributed by atoms with Gasteiger partial charge in [-0.25, -0.2) is 5.43 Å². The van der Waals surface area contributed by atoms with Crippen molar-refractivity contribution in [2.24, 2.45) is 5.10 Å². The zero-order valence-corrected chi connectivity index (χ0v) is 13.2. The van der Waals surface area contributed by atoms with Crippen molar-refractivity contribution in [2.75, 3.05) is 31.1 Å². The zero-order chi connectivity index (χ0) is 15.2. The van der Waals surface area contributed by atoms with Crippen LogP contribution in [0.4, 0.5) is 0 Å². The molecule has 3 rings (SSSR count). The van der Waals surface area contributed by atoms with Crippen LogP contribution in [0.15, 0.2) is 47.6 Å². The van der Waals surface area contributed by atoms with Crippen LogP contribution in [-0.2, 0) is 4.79 Å². The first-order valence-corrected chi connectivity index (χ1v) is 8.57. The van der Waals surface area contributed by atoms with Gasteiger partial charge in [0.1, 0.15) is 0 Å². The van der Waals surface area contributed by atoms with Crippen molar-refractivity contribution in [3.8, 4) is 0 Å². The smallest absolute Gasteiger partial charge is 0.254 e. The first-order valence-electron chi connectivity index (χ1n) is 7.42. The Balaban J connectivity index is 1.55. The lowest BCUT2D eigenvalue weighted by Crippen LogP contribution is -2.40. The number of carbonyl (C=O) groups is 1. The quantitative estimate of drug-likeness (QED) is 0.696. The summed E-state index contributed by atoms with van der Waals surface area (Å²) >= 11 is 1.94. The van der Waals surface area contributed by atoms with Gasteiger partial charge in [0.2, 0.25) is 0 Å². The number of hydrogen-bond donors (Lipinski definition) is 1. The van der Waals surface area contributed by atoms with Gasteiger partial charge in [-0.1, -0.05) is 36.4 Å². The number of fused-ring (bicyclic) bond motifs is 1. The van der Waals surface area contributed by atoms with E-state index in [0.29, 0.717) is 6.54 Å². The first-order chi connectivity index (χ1) is 10.8. The van der Waals surface area contributed by atoms with E-state index in [1.54, 1.807) is 6.21 Å². The average Bonchev–Trinajstić information content (AvgIpc) is 2.55. The van der Waals surface area contributed by atoms with Crippen molar-refractivity contribution in [1.29, 1.82) is 0 Å². The number of benzene rings is 2. The fraction of sp³-hybridized carbons (Fsp3) is 0.294. The third-order valence-corrected chi connectivity index (χ3v) is 4.59. The molecule has 114 valence electrons. The fourth-order valence-electron chi connectivity index (χ4n) is 2.46. The molecule has 4 nitrogen and oxygen atoms in total. The van der Waals surface area contributed by atoms with E-state index in [1.807, 2.05) is 30.0 Å². The monoisotopic (exact) mass is 313 g/mol. The Labute approximate surface area is 134 Å². The highest BCUT2D eigenvalue weighted by Crippen LogP contribution is 2.14. The highest BCUT2D eigenvalue weighted by molar-refractivity contribution is 7.99. The normalized spacial score (nSPS) is 16.2. The molecule has 0 saturated carbocycles. The minimum absolute atomic E-state index is 0.0519. The molecule has 5 heteroatoms. The molecule has 0 atom stereocenters. The number of nitrogens with zero attached hydrogens (tertiary/aromatic N) is 2. The van der Waals surface area contributed by atoms with Gasteiger partial charge in [0.05, 0.1) is 12.8 Å². The molecular formula is C17H19N3OS. The molecule has 1 heterocycles. The van der Waals surface area contributed by atoms with E-state index in [4.69, 9.17) is 0 Å². The summed E-state index contributed by atoms with van der Waals surface area (Å²) in [7, 11) is 0. The second kappa shape index (κ2) is 7.42. The lowest BCUT2D eigenvalue weighted by Gasteiger charge is -2.24. The van der Waals surface area contributed by atoms with Crippen LogP contribution in [0.2, 0.25) is 0 Å². The Morgan fingerprint density at radius 3 is 2.77 bits per heavy atom. The van der Waals surface area contributed by atoms with Crippen LogP contribution in [0.3, 0.4) is 0 Å². The van der Waals surface area contributed by atoms with Gasteiger partial charge in [0, 0.05) is 24.6 Å². The first kappa shape index (κ1) is 15.1. The SMILES string of the molecule is O=C(CN1CCSCC1)N/N=C/c1ccc2ccccc2c1. The van der Waals surface area contributed by atoms with E-state index in [0.717, 1.165) is 30.2 Å². The van der Waals surface area contributed by atoms with Crippen molar-refractivity contribution in [3.63, 3.8) is 0 Å². The number of rotatable bonds is 4. The van der Waals surface area contributed by atoms with Crippen LogP contribution >= 0.6 is 11.8 Å². The summed E-state index contributed by atoms with van der Waals surface area (Å²) in [5, 5.41) is 6.43. The second-order valence-electron chi connectivity index (χ2n) is 5.29. The maximum Gasteiger partial charge on any atom is 0.254 e. The van der Waals surface area contributed by atoms with Crippen LogP contribution in [-0.4, -0.2) is 48.2 Å². The molecular weight excluding hydrogens is 294 g/mol. The second-order valence-corrected chi connectivity index (χ2v) is 6.51. The number of nitrogens with one attached hydrogen (secondary N) is 1. The maximum absolute atomic E-state index is 11.8. The summed E-state index contributed by atoms with van der Waals surface area (Å²) in [6.45, 7) is 2.38. The molecule has 0 aliphatic carbocycles. The molecule has 2 aromatic rings. The van der Waals surface area contributed by atoms with Gasteiger partial charge >= 0.3 is 0 Å². The minimum Gasteiger partial charge on any atom is -0.293 e. The number of thioether (sulfide) groups is 1. The average molecular weight is 313 g/mol. The highest BCUT2D eigenvalue weighted by Gasteiger charge is 2.13. The molecule has 1 fully saturated rings. The van der Waals surface area contributed by atoms with E-state index < -0.39 is 0 Å². The van der Waals surface area contributed by atoms with Crippen molar-refractivity contribution >= 4 is 34.7 Å². The summed E-state index contributed by atoms with van der Waals surface area (Å²) in [6, 6.07) is 14.3. The predicted molar refractivity (Wildman–Crippen MR) is 93.4 cm³/mol. The molecule has 1 saturated heterocycles. The summed E-state index contributed by atoms with van der Waals surface area (Å²) < 4.78 is 0. The molecule has 1 amide bonds. The van der Waals surface area contributed by atoms with Crippen LogP contribution in [0, 0.1) is 0 Å². The van der Waals surface area contributed by atoms with Crippen molar-refractivity contribution < 1.29 is 4.79 Å². The van der Waals surface area contributed by atoms with Crippen LogP contribution < -0.4 is 5.43 Å². The number of carbonyl (C=O) groups excluding carboxylic acids is 1. The summed E-state index contributed by atoms with van der Waals surface area (Å²) in [6.07, 6.45) is 1.69. The Bertz CT molecular complexity index is 680. The standard InChI is InChI=1S/C17H19N3OS/c21-17(13-20-7-9-22-10-8-20)19-18-12-14-5-6-15-3-1-2-4-16(15)11-14/h1-6,11-12H,7-10,13H2,(H,19,21)/b18-12+. The predicted octanol–water partition coefficient (Wildman–Crippen LogP) is 2.34. The van der Waals surface area contributed by atoms with E-state index in [-0.39, 0.29) is 5.91 Å². The van der Waals surface area contributed by atoms with Gasteiger partial charge in [-0.2, -0.15) is 16.9 Å². The molecule has 1 aliphatic heterocycles. The molecule has 0 spiro atoms. The van der Waals surface area contributed by atoms with E-state index in [9.17, 15) is 4.79 Å². The minimum atomic E-state index is -0.0519. The summed E-state index contributed by atoms with van der Waals surface area (Å²) in [5.74, 6) is 2.16. The Hall–Kier alpha value is -1.85. The topological polar surface area (TPSA) is 44.7 Å². The highest BCUT2D eigenvalue weighted by atomic mass is 32.2. The summed E-state index contributed by atoms with van der Waals surface area (Å²) in [5.41, 5.74) is 3.59. The van der Waals surface area contributed by atoms with Crippen molar-refractivity contribution in [3.05, 3.63) is 48.0 Å². The molecule has 2 aromatic carbocycles. The third kappa shape index (κ3) is 4.08. The van der Waals surface area contributed by atoms with Crippen LogP contribution in [0.25, 0.3) is 10.8 Å². The number of hydrazone groups is 1. The largest absolute Gasteiger partial charge is 0.293 e. The van der Waals surface area contributed by atoms with Gasteiger partial charge in [0.25, 0.3) is 5.91 Å². The molecule has 1 N–H and O–H groups in total. The lowest BCUT2D eigenvalue weighted by atomic mass is 10.1. The van der Waals surface area contributed by atoms with Gasteiger partial charge in [-0.15, -0.1) is 0 Å². The van der Waals surface area contributed by atoms with Gasteiger partial charge in [0.15, 0.2) is 0 Å². The van der Waals surface area contributed by atoms with Gasteiger partial charge < -0.3 is 0 Å². The Morgan fingerprint density at radius 1 is 1.18 bits per heavy atom. The number of hydrogen-bond acceptors (Lipinski definition) is 4. The van der Waals surface area contributed by atoms with Crippen molar-refractivity contribution in [2.45, 2.75) is 0 Å². The van der Waals surface area contributed by atoms with Crippen LogP contribution in [0.1, 0.15) is 5.56 Å². The molecule has 0 radical (unpaired) electrons. The molecule has 0 bridgehead atoms. The maximum atomic E-state index is 11.8. The van der Waals surface area contributed by atoms with Gasteiger partial charge in [-0.05, 0) is 22.4 Å². The molecule has 0 aromatic heterocycles. The lowest BCUT2D eigenvalue weighted by molar-refractivity contribution is -0.122. The third-order valence-electron chi connectivity index (χ3n) is 3.65. The van der Waals surface area contributed by atoms with Gasteiger partial charge in [-0.3, -0.25) is 9.69 Å². The van der Waals surface area contributed by atoms with E-state index in [2.05, 4.69) is 39.7 Å². The summed E-state index contributed by atoms with van der Waals surface area (Å²) in [4.78, 5) is 14.0. The Morgan fingerprint density at radius 2 is 1.95 bits per heavy atom. The van der Waals surface area contributed by atoms with Crippen molar-refractivity contribution in [1.82, 2.24) is 10.3 Å². The van der Waals surface area contributed by atoms with E-state index in [1.165, 1.54) is 10.8 Å². The molecule has 22 heavy (non-hydrogen) atoms. The fourth-order valence-corrected chi connectivity index (χ4v) is 3.44. The van der Waals surface area contributed by atoms with E-state index >= 15 is 0 Å². The molecule has 1 aliphatic rings. The molecule has 0 unspecified atom stereocenters. The Kier molecular flexibility index (Phi) is 5.08. The number of amides is 1.